The first-order valence-electron chi connectivity index (χ1n) is 8.49. The molecule has 11 heteroatoms. The third-order valence-corrected chi connectivity index (χ3v) is 4.61. The highest BCUT2D eigenvalue weighted by atomic mass is 19.3. The molecule has 0 saturated carbocycles. The Morgan fingerprint density at radius 2 is 2.21 bits per heavy atom. The molecule has 3 heterocycles. The van der Waals surface area contributed by atoms with Gasteiger partial charge in [-0.25, -0.2) is 18.4 Å². The van der Waals surface area contributed by atoms with Crippen molar-refractivity contribution in [2.45, 2.75) is 25.4 Å². The van der Waals surface area contributed by atoms with Crippen LogP contribution >= 0.6 is 0 Å². The lowest BCUT2D eigenvalue weighted by atomic mass is 9.92. The van der Waals surface area contributed by atoms with Gasteiger partial charge in [-0.05, 0) is 18.1 Å². The van der Waals surface area contributed by atoms with Gasteiger partial charge in [-0.1, -0.05) is 5.21 Å². The van der Waals surface area contributed by atoms with Crippen molar-refractivity contribution in [1.29, 1.82) is 5.26 Å². The number of carboxylic acids is 1. The van der Waals surface area contributed by atoms with Crippen LogP contribution in [0.3, 0.4) is 0 Å². The van der Waals surface area contributed by atoms with Gasteiger partial charge in [-0.3, -0.25) is 4.79 Å². The van der Waals surface area contributed by atoms with Gasteiger partial charge in [-0.2, -0.15) is 5.26 Å². The van der Waals surface area contributed by atoms with Crippen molar-refractivity contribution in [3.05, 3.63) is 23.5 Å². The predicted octanol–water partition coefficient (Wildman–Crippen LogP) is 1.18. The van der Waals surface area contributed by atoms with Crippen LogP contribution in [-0.2, 0) is 18.4 Å². The Hall–Kier alpha value is -3.13. The van der Waals surface area contributed by atoms with E-state index in [0.29, 0.717) is 11.4 Å². The summed E-state index contributed by atoms with van der Waals surface area (Å²) in [5, 5.41) is 35.6. The number of nitriles is 1. The number of aliphatic hydroxyl groups excluding tert-OH is 1. The number of nitrogens with zero attached hydrogens (tertiary/aromatic N) is 6. The van der Waals surface area contributed by atoms with Crippen LogP contribution in [0.2, 0.25) is 0 Å². The van der Waals surface area contributed by atoms with Crippen LogP contribution in [0.1, 0.15) is 24.2 Å². The second-order valence-corrected chi connectivity index (χ2v) is 6.75. The summed E-state index contributed by atoms with van der Waals surface area (Å²) in [6.07, 6.45) is -0.887. The van der Waals surface area contributed by atoms with Gasteiger partial charge >= 0.3 is 5.97 Å². The number of piperidine rings is 1. The second kappa shape index (κ2) is 7.47. The SMILES string of the molecule is Cn1nnc(-c2ccc(N3CC(CC(=O)O)CC(F)(F)C3)c(C#N)n2)c1CO. The molecule has 9 nitrogen and oxygen atoms in total. The number of carbonyl (C=O) groups is 1. The van der Waals surface area contributed by atoms with Crippen LogP contribution < -0.4 is 4.90 Å². The monoisotopic (exact) mass is 392 g/mol. The average molecular weight is 392 g/mol. The first kappa shape index (κ1) is 19.6. The number of hydrogen-bond acceptors (Lipinski definition) is 7. The van der Waals surface area contributed by atoms with Gasteiger partial charge in [0.15, 0.2) is 5.69 Å². The molecule has 3 rings (SSSR count). The molecule has 1 saturated heterocycles. The van der Waals surface area contributed by atoms with E-state index in [1.165, 1.54) is 21.7 Å². The van der Waals surface area contributed by atoms with Crippen molar-refractivity contribution in [2.75, 3.05) is 18.0 Å². The topological polar surface area (TPSA) is 128 Å². The zero-order valence-electron chi connectivity index (χ0n) is 15.0. The normalized spacial score (nSPS) is 18.7. The van der Waals surface area contributed by atoms with Crippen LogP contribution in [0, 0.1) is 17.2 Å². The van der Waals surface area contributed by atoms with Crippen LogP contribution in [0.25, 0.3) is 11.4 Å². The van der Waals surface area contributed by atoms with E-state index in [4.69, 9.17) is 5.11 Å². The molecule has 2 aromatic heterocycles. The highest BCUT2D eigenvalue weighted by molar-refractivity contribution is 5.68. The molecule has 1 aliphatic heterocycles. The maximum absolute atomic E-state index is 14.1. The zero-order valence-corrected chi connectivity index (χ0v) is 15.0. The quantitative estimate of drug-likeness (QED) is 0.776. The molecule has 1 fully saturated rings. The first-order valence-corrected chi connectivity index (χ1v) is 8.49. The fraction of sp³-hybridized carbons (Fsp3) is 0.471. The molecule has 0 spiro atoms. The van der Waals surface area contributed by atoms with E-state index in [1.807, 2.05) is 6.07 Å². The zero-order chi connectivity index (χ0) is 20.5. The van der Waals surface area contributed by atoms with Crippen molar-refractivity contribution in [3.8, 4) is 17.5 Å². The number of aliphatic carboxylic acids is 1. The van der Waals surface area contributed by atoms with Crippen LogP contribution in [-0.4, -0.2) is 55.2 Å². The largest absolute Gasteiger partial charge is 0.481 e. The highest BCUT2D eigenvalue weighted by Gasteiger charge is 2.41. The maximum Gasteiger partial charge on any atom is 0.303 e. The summed E-state index contributed by atoms with van der Waals surface area (Å²) in [6, 6.07) is 4.89. The lowest BCUT2D eigenvalue weighted by Gasteiger charge is -2.38. The summed E-state index contributed by atoms with van der Waals surface area (Å²) in [4.78, 5) is 16.4. The maximum atomic E-state index is 14.1. The van der Waals surface area contributed by atoms with E-state index < -0.39 is 30.8 Å². The molecule has 148 valence electrons. The molecule has 1 unspecified atom stereocenters. The van der Waals surface area contributed by atoms with Crippen molar-refractivity contribution in [2.24, 2.45) is 13.0 Å². The van der Waals surface area contributed by atoms with Crippen LogP contribution in [0.5, 0.6) is 0 Å². The molecule has 1 aliphatic rings. The van der Waals surface area contributed by atoms with E-state index in [2.05, 4.69) is 15.3 Å². The highest BCUT2D eigenvalue weighted by Crippen LogP contribution is 2.36. The lowest BCUT2D eigenvalue weighted by molar-refractivity contribution is -0.139. The number of hydrogen-bond donors (Lipinski definition) is 2. The van der Waals surface area contributed by atoms with Gasteiger partial charge < -0.3 is 15.1 Å². The van der Waals surface area contributed by atoms with Gasteiger partial charge in [0.2, 0.25) is 0 Å². The van der Waals surface area contributed by atoms with E-state index in [1.54, 1.807) is 7.05 Å². The van der Waals surface area contributed by atoms with Gasteiger partial charge in [0.05, 0.1) is 36.6 Å². The lowest BCUT2D eigenvalue weighted by Crippen LogP contribution is -2.48. The molecule has 2 N–H and O–H groups in total. The number of pyridine rings is 1. The molecule has 0 radical (unpaired) electrons. The third-order valence-electron chi connectivity index (χ3n) is 4.61. The standard InChI is InChI=1S/C17H18F2N6O3/c1-24-14(8-26)16(22-23-24)11-2-3-13(12(6-20)21-11)25-7-10(4-15(27)28)5-17(18,19)9-25/h2-3,10,26H,4-5,7-9H2,1H3,(H,27,28). The Bertz CT molecular complexity index is 939. The van der Waals surface area contributed by atoms with E-state index in [-0.39, 0.29) is 36.6 Å². The fourth-order valence-electron chi connectivity index (χ4n) is 3.45. The molecular formula is C17H18F2N6O3. The van der Waals surface area contributed by atoms with Crippen molar-refractivity contribution < 1.29 is 23.8 Å². The minimum Gasteiger partial charge on any atom is -0.481 e. The Kier molecular flexibility index (Phi) is 5.24. The molecule has 1 atom stereocenters. The predicted molar refractivity (Wildman–Crippen MR) is 92.4 cm³/mol. The minimum atomic E-state index is -3.07. The average Bonchev–Trinajstić information content (AvgIpc) is 2.99. The molecule has 28 heavy (non-hydrogen) atoms. The van der Waals surface area contributed by atoms with Crippen molar-refractivity contribution >= 4 is 11.7 Å². The van der Waals surface area contributed by atoms with Gasteiger partial charge in [-0.15, -0.1) is 5.10 Å². The molecule has 0 aromatic carbocycles. The molecule has 0 bridgehead atoms. The van der Waals surface area contributed by atoms with Crippen LogP contribution in [0.4, 0.5) is 14.5 Å². The Morgan fingerprint density at radius 3 is 2.86 bits per heavy atom. The summed E-state index contributed by atoms with van der Waals surface area (Å²) < 4.78 is 29.6. The smallest absolute Gasteiger partial charge is 0.303 e. The number of aromatic nitrogens is 4. The summed E-state index contributed by atoms with van der Waals surface area (Å²) in [7, 11) is 1.60. The number of halogens is 2. The van der Waals surface area contributed by atoms with Gasteiger partial charge in [0.25, 0.3) is 5.92 Å². The summed E-state index contributed by atoms with van der Waals surface area (Å²) >= 11 is 0. The van der Waals surface area contributed by atoms with Gasteiger partial charge in [0.1, 0.15) is 11.8 Å². The summed E-state index contributed by atoms with van der Waals surface area (Å²) in [5.74, 6) is -4.96. The minimum absolute atomic E-state index is 0.0844. The van der Waals surface area contributed by atoms with Crippen LogP contribution in [0.15, 0.2) is 12.1 Å². The number of aliphatic hydroxyl groups is 1. The molecular weight excluding hydrogens is 374 g/mol. The number of anilines is 1. The fourth-order valence-corrected chi connectivity index (χ4v) is 3.45. The van der Waals surface area contributed by atoms with E-state index in [0.717, 1.165) is 0 Å². The van der Waals surface area contributed by atoms with Crippen molar-refractivity contribution in [3.63, 3.8) is 0 Å². The number of rotatable bonds is 5. The molecule has 0 aliphatic carbocycles. The molecule has 0 amide bonds. The Morgan fingerprint density at radius 1 is 1.46 bits per heavy atom. The summed E-state index contributed by atoms with van der Waals surface area (Å²) in [5.41, 5.74) is 1.09. The molecule has 2 aromatic rings. The Balaban J connectivity index is 1.96. The Labute approximate surface area is 158 Å². The van der Waals surface area contributed by atoms with E-state index in [9.17, 15) is 23.9 Å². The number of carboxylic acid groups (broad SMARTS) is 1. The van der Waals surface area contributed by atoms with E-state index >= 15 is 0 Å². The number of aryl methyl sites for hydroxylation is 1. The first-order chi connectivity index (χ1) is 13.2. The second-order valence-electron chi connectivity index (χ2n) is 6.75. The summed E-state index contributed by atoms with van der Waals surface area (Å²) in [6.45, 7) is -0.865. The van der Waals surface area contributed by atoms with Gasteiger partial charge in [0, 0.05) is 20.0 Å². The van der Waals surface area contributed by atoms with Crippen molar-refractivity contribution in [1.82, 2.24) is 20.0 Å². The number of alkyl halides is 2. The third kappa shape index (κ3) is 3.91.